The van der Waals surface area contributed by atoms with Gasteiger partial charge in [-0.15, -0.1) is 0 Å². The SMILES string of the molecule is Cn1nc(NC(=O)CCNC=O)c2cc(C(F)(F)F)c(C3CCN(CCCSN4CCC(Nc5ncc(OC(F)F)cn5)CC4)CC3)cc21. The van der Waals surface area contributed by atoms with Crippen molar-refractivity contribution in [3.63, 3.8) is 0 Å². The van der Waals surface area contributed by atoms with Crippen molar-refractivity contribution >= 4 is 46.9 Å². The molecule has 0 aliphatic carbocycles. The van der Waals surface area contributed by atoms with Crippen molar-refractivity contribution in [1.29, 1.82) is 0 Å². The molecule has 3 N–H and O–H groups in total. The van der Waals surface area contributed by atoms with Gasteiger partial charge in [0.1, 0.15) is 0 Å². The Hall–Kier alpha value is -3.77. The molecule has 0 saturated carbocycles. The van der Waals surface area contributed by atoms with Gasteiger partial charge in [0.05, 0.1) is 23.5 Å². The van der Waals surface area contributed by atoms with E-state index >= 15 is 0 Å². The third-order valence-electron chi connectivity index (χ3n) is 8.72. The first-order valence-corrected chi connectivity index (χ1v) is 17.1. The number of nitrogens with one attached hydrogen (secondary N) is 3. The third-order valence-corrected chi connectivity index (χ3v) is 9.93. The number of ether oxygens (including phenoxy) is 1. The lowest BCUT2D eigenvalue weighted by Gasteiger charge is -2.34. The van der Waals surface area contributed by atoms with Gasteiger partial charge in [-0.3, -0.25) is 18.6 Å². The predicted octanol–water partition coefficient (Wildman–Crippen LogP) is 4.85. The maximum absolute atomic E-state index is 14.3. The summed E-state index contributed by atoms with van der Waals surface area (Å²) >= 11 is 1.80. The molecule has 18 heteroatoms. The number of piperidine rings is 2. The Labute approximate surface area is 284 Å². The van der Waals surface area contributed by atoms with Crippen LogP contribution in [0.4, 0.5) is 33.7 Å². The molecule has 2 fully saturated rings. The molecule has 1 aromatic carbocycles. The highest BCUT2D eigenvalue weighted by Gasteiger charge is 2.37. The maximum atomic E-state index is 14.3. The number of carbonyl (C=O) groups is 2. The molecule has 0 bridgehead atoms. The van der Waals surface area contributed by atoms with Gasteiger partial charge in [0.25, 0.3) is 0 Å². The molecule has 49 heavy (non-hydrogen) atoms. The van der Waals surface area contributed by atoms with Crippen LogP contribution >= 0.6 is 11.9 Å². The third kappa shape index (κ3) is 10.1. The number of likely N-dealkylation sites (tertiary alicyclic amines) is 1. The van der Waals surface area contributed by atoms with Crippen LogP contribution in [0.1, 0.15) is 55.6 Å². The van der Waals surface area contributed by atoms with Gasteiger partial charge < -0.3 is 25.6 Å². The van der Waals surface area contributed by atoms with Crippen LogP contribution in [0.5, 0.6) is 5.75 Å². The summed E-state index contributed by atoms with van der Waals surface area (Å²) in [5.41, 5.74) is 0.0617. The van der Waals surface area contributed by atoms with Gasteiger partial charge in [-0.05, 0) is 75.4 Å². The van der Waals surface area contributed by atoms with E-state index in [9.17, 15) is 31.5 Å². The molecule has 0 unspecified atom stereocenters. The van der Waals surface area contributed by atoms with Crippen molar-refractivity contribution in [2.45, 2.75) is 63.3 Å². The molecule has 12 nitrogen and oxygen atoms in total. The lowest BCUT2D eigenvalue weighted by Crippen LogP contribution is -2.36. The van der Waals surface area contributed by atoms with Crippen molar-refractivity contribution < 1.29 is 36.3 Å². The van der Waals surface area contributed by atoms with Gasteiger partial charge in [0.2, 0.25) is 18.3 Å². The number of carbonyl (C=O) groups excluding carboxylic acids is 2. The highest BCUT2D eigenvalue weighted by atomic mass is 32.2. The quantitative estimate of drug-likeness (QED) is 0.0871. The van der Waals surface area contributed by atoms with E-state index < -0.39 is 24.3 Å². The Morgan fingerprint density at radius 2 is 1.82 bits per heavy atom. The van der Waals surface area contributed by atoms with E-state index in [4.69, 9.17) is 0 Å². The standard InChI is InChI=1S/C31H40F5N9O3S/c1-43-26-16-23(25(31(34,35)36)15-24(26)28(42-43)41-27(47)3-8-37-19-46)20-4-10-44(11-5-20)9-2-14-49-45-12-6-21(7-13-45)40-30-38-17-22(18-39-30)48-29(32)33/h15-21,29H,2-14H2,1H3,(H,37,46)(H,38,39,40)(H,41,42,47). The zero-order valence-corrected chi connectivity index (χ0v) is 27.8. The minimum atomic E-state index is -4.57. The molecule has 5 rings (SSSR count). The minimum Gasteiger partial charge on any atom is -0.432 e. The number of amides is 2. The molecule has 2 aliphatic heterocycles. The number of aryl methyl sites for hydroxylation is 1. The van der Waals surface area contributed by atoms with Crippen molar-refractivity contribution in [3.8, 4) is 5.75 Å². The van der Waals surface area contributed by atoms with Crippen molar-refractivity contribution in [2.24, 2.45) is 7.05 Å². The molecule has 0 spiro atoms. The zero-order chi connectivity index (χ0) is 35.0. The Morgan fingerprint density at radius 1 is 1.10 bits per heavy atom. The molecule has 268 valence electrons. The molecule has 3 aromatic rings. The fourth-order valence-electron chi connectivity index (χ4n) is 6.25. The average Bonchev–Trinajstić information content (AvgIpc) is 3.37. The summed E-state index contributed by atoms with van der Waals surface area (Å²) in [5.74, 6) is 0.573. The fraction of sp³-hybridized carbons (Fsp3) is 0.581. The lowest BCUT2D eigenvalue weighted by atomic mass is 9.85. The number of rotatable bonds is 15. The van der Waals surface area contributed by atoms with E-state index in [1.807, 2.05) is 0 Å². The topological polar surface area (TPSA) is 130 Å². The summed E-state index contributed by atoms with van der Waals surface area (Å²) in [6.07, 6.45) is 2.26. The van der Waals surface area contributed by atoms with Gasteiger partial charge in [-0.2, -0.15) is 27.1 Å². The van der Waals surface area contributed by atoms with Crippen LogP contribution in [0.3, 0.4) is 0 Å². The van der Waals surface area contributed by atoms with Crippen LogP contribution in [-0.4, -0.2) is 98.9 Å². The van der Waals surface area contributed by atoms with Gasteiger partial charge in [-0.25, -0.2) is 9.97 Å². The predicted molar refractivity (Wildman–Crippen MR) is 175 cm³/mol. The summed E-state index contributed by atoms with van der Waals surface area (Å²) in [7, 11) is 1.63. The summed E-state index contributed by atoms with van der Waals surface area (Å²) in [6.45, 7) is 1.25. The Bertz CT molecular complexity index is 1540. The second-order valence-electron chi connectivity index (χ2n) is 12.1. The smallest absolute Gasteiger partial charge is 0.416 e. The average molecular weight is 714 g/mol. The van der Waals surface area contributed by atoms with Crippen molar-refractivity contribution in [3.05, 3.63) is 35.7 Å². The first kappa shape index (κ1) is 36.5. The van der Waals surface area contributed by atoms with E-state index in [1.165, 1.54) is 17.1 Å². The normalized spacial score (nSPS) is 17.0. The lowest BCUT2D eigenvalue weighted by molar-refractivity contribution is -0.138. The van der Waals surface area contributed by atoms with Crippen LogP contribution in [0.2, 0.25) is 0 Å². The number of hydrogen-bond donors (Lipinski definition) is 3. The molecule has 4 heterocycles. The minimum absolute atomic E-state index is 0.0326. The van der Waals surface area contributed by atoms with Crippen LogP contribution in [-0.2, 0) is 22.8 Å². The van der Waals surface area contributed by atoms with Gasteiger partial charge in [0.15, 0.2) is 11.6 Å². The second-order valence-corrected chi connectivity index (χ2v) is 13.3. The molecule has 2 saturated heterocycles. The molecule has 2 amide bonds. The highest BCUT2D eigenvalue weighted by Crippen LogP contribution is 2.42. The monoisotopic (exact) mass is 713 g/mol. The van der Waals surface area contributed by atoms with E-state index in [2.05, 4.69) is 45.0 Å². The first-order valence-electron chi connectivity index (χ1n) is 16.2. The maximum Gasteiger partial charge on any atom is 0.416 e. The fourth-order valence-corrected chi connectivity index (χ4v) is 7.24. The van der Waals surface area contributed by atoms with E-state index in [0.717, 1.165) is 50.7 Å². The number of halogens is 5. The van der Waals surface area contributed by atoms with Gasteiger partial charge in [0, 0.05) is 50.3 Å². The van der Waals surface area contributed by atoms with E-state index in [0.29, 0.717) is 43.8 Å². The Morgan fingerprint density at radius 3 is 2.47 bits per heavy atom. The summed E-state index contributed by atoms with van der Waals surface area (Å²) in [4.78, 5) is 33.1. The molecular formula is C31H40F5N9O3S. The molecular weight excluding hydrogens is 673 g/mol. The van der Waals surface area contributed by atoms with E-state index in [-0.39, 0.29) is 47.4 Å². The Kier molecular flexibility index (Phi) is 12.5. The second kappa shape index (κ2) is 16.8. The van der Waals surface area contributed by atoms with Crippen molar-refractivity contribution in [2.75, 3.05) is 55.7 Å². The number of alkyl halides is 5. The molecule has 0 atom stereocenters. The zero-order valence-electron chi connectivity index (χ0n) is 27.0. The van der Waals surface area contributed by atoms with Crippen LogP contribution in [0, 0.1) is 0 Å². The summed E-state index contributed by atoms with van der Waals surface area (Å²) < 4.78 is 75.7. The Balaban J connectivity index is 1.06. The largest absolute Gasteiger partial charge is 0.432 e. The number of fused-ring (bicyclic) bond motifs is 1. The highest BCUT2D eigenvalue weighted by molar-refractivity contribution is 7.97. The number of benzene rings is 1. The first-order chi connectivity index (χ1) is 23.5. The number of anilines is 2. The van der Waals surface area contributed by atoms with Gasteiger partial charge in [-0.1, -0.05) is 11.9 Å². The molecule has 2 aromatic heterocycles. The van der Waals surface area contributed by atoms with E-state index in [1.54, 1.807) is 25.1 Å². The van der Waals surface area contributed by atoms with Crippen LogP contribution in [0.15, 0.2) is 24.5 Å². The number of nitrogens with zero attached hydrogens (tertiary/aromatic N) is 6. The van der Waals surface area contributed by atoms with Gasteiger partial charge >= 0.3 is 12.8 Å². The van der Waals surface area contributed by atoms with Crippen LogP contribution in [0.25, 0.3) is 10.9 Å². The molecule has 0 radical (unpaired) electrons. The number of aromatic nitrogens is 4. The van der Waals surface area contributed by atoms with Crippen LogP contribution < -0.4 is 20.7 Å². The summed E-state index contributed by atoms with van der Waals surface area (Å²) in [6, 6.07) is 2.85. The van der Waals surface area contributed by atoms with Crippen molar-refractivity contribution in [1.82, 2.24) is 34.3 Å². The number of hydrogen-bond acceptors (Lipinski definition) is 10. The molecule has 2 aliphatic rings. The summed E-state index contributed by atoms with van der Waals surface area (Å²) in [5, 5.41) is 12.7.